The summed E-state index contributed by atoms with van der Waals surface area (Å²) in [7, 11) is 0. The van der Waals surface area contributed by atoms with Crippen LogP contribution in [-0.2, 0) is 14.3 Å². The smallest absolute Gasteiger partial charge is 0.387 e. The Kier molecular flexibility index (Phi) is 7.22. The Labute approximate surface area is 160 Å². The van der Waals surface area contributed by atoms with E-state index in [1.807, 2.05) is 6.07 Å². The van der Waals surface area contributed by atoms with E-state index >= 15 is 0 Å². The number of nitriles is 1. The van der Waals surface area contributed by atoms with Crippen LogP contribution in [0.3, 0.4) is 0 Å². The molecule has 28 heavy (non-hydrogen) atoms. The number of hydrogen-bond donors (Lipinski definition) is 1. The predicted octanol–water partition coefficient (Wildman–Crippen LogP) is 3.74. The molecule has 1 N–H and O–H groups in total. The van der Waals surface area contributed by atoms with E-state index in [-0.39, 0.29) is 5.75 Å². The van der Waals surface area contributed by atoms with E-state index in [4.69, 9.17) is 10.00 Å². The van der Waals surface area contributed by atoms with Crippen LogP contribution in [0.1, 0.15) is 18.1 Å². The number of rotatable bonds is 7. The molecular formula is C20H16F2N2O4. The Morgan fingerprint density at radius 3 is 2.54 bits per heavy atom. The van der Waals surface area contributed by atoms with E-state index in [9.17, 15) is 18.4 Å². The molecule has 0 saturated heterocycles. The van der Waals surface area contributed by atoms with Gasteiger partial charge in [0.2, 0.25) is 0 Å². The summed E-state index contributed by atoms with van der Waals surface area (Å²) >= 11 is 0. The van der Waals surface area contributed by atoms with Gasteiger partial charge in [0, 0.05) is 11.8 Å². The topological polar surface area (TPSA) is 88.4 Å². The second kappa shape index (κ2) is 9.83. The van der Waals surface area contributed by atoms with E-state index in [1.54, 1.807) is 18.2 Å². The standard InChI is InChI=1S/C20H16F2N2O4/c1-13(19(26)24-16-4-2-3-15(11-16)12-23)27-18(25)10-7-14-5-8-17(9-6-14)28-20(21)22/h2-11,13,20H,1H3,(H,24,26)/b10-7+/t13-/m1/s1. The maximum Gasteiger partial charge on any atom is 0.387 e. The van der Waals surface area contributed by atoms with Crippen molar-refractivity contribution in [2.24, 2.45) is 0 Å². The molecule has 0 bridgehead atoms. The third-order valence-corrected chi connectivity index (χ3v) is 3.44. The van der Waals surface area contributed by atoms with Crippen LogP contribution in [0, 0.1) is 11.3 Å². The van der Waals surface area contributed by atoms with Crippen LogP contribution in [0.5, 0.6) is 5.75 Å². The minimum absolute atomic E-state index is 0.000451. The van der Waals surface area contributed by atoms with E-state index in [1.165, 1.54) is 43.3 Å². The van der Waals surface area contributed by atoms with Crippen LogP contribution in [0.4, 0.5) is 14.5 Å². The lowest BCUT2D eigenvalue weighted by Crippen LogP contribution is -2.29. The van der Waals surface area contributed by atoms with Gasteiger partial charge in [-0.15, -0.1) is 0 Å². The molecule has 0 fully saturated rings. The summed E-state index contributed by atoms with van der Waals surface area (Å²) in [5.74, 6) is -1.30. The fourth-order valence-corrected chi connectivity index (χ4v) is 2.10. The summed E-state index contributed by atoms with van der Waals surface area (Å²) in [6.45, 7) is -1.50. The van der Waals surface area contributed by atoms with Crippen LogP contribution >= 0.6 is 0 Å². The Bertz CT molecular complexity index is 905. The zero-order valence-corrected chi connectivity index (χ0v) is 14.8. The summed E-state index contributed by atoms with van der Waals surface area (Å²) in [5.41, 5.74) is 1.35. The van der Waals surface area contributed by atoms with Gasteiger partial charge in [-0.3, -0.25) is 4.79 Å². The number of carbonyl (C=O) groups excluding carboxylic acids is 2. The molecule has 6 nitrogen and oxygen atoms in total. The van der Waals surface area contributed by atoms with E-state index in [0.717, 1.165) is 6.08 Å². The normalized spacial score (nSPS) is 11.7. The summed E-state index contributed by atoms with van der Waals surface area (Å²) in [6, 6.07) is 13.9. The van der Waals surface area contributed by atoms with Crippen molar-refractivity contribution in [3.63, 3.8) is 0 Å². The van der Waals surface area contributed by atoms with Gasteiger partial charge in [-0.25, -0.2) is 4.79 Å². The molecule has 1 atom stereocenters. The van der Waals surface area contributed by atoms with Crippen molar-refractivity contribution in [1.82, 2.24) is 0 Å². The van der Waals surface area contributed by atoms with Crippen molar-refractivity contribution in [2.75, 3.05) is 5.32 Å². The number of nitrogens with one attached hydrogen (secondary N) is 1. The maximum absolute atomic E-state index is 12.1. The number of nitrogens with zero attached hydrogens (tertiary/aromatic N) is 1. The van der Waals surface area contributed by atoms with Crippen LogP contribution in [0.15, 0.2) is 54.6 Å². The molecule has 0 saturated carbocycles. The second-order valence-electron chi connectivity index (χ2n) is 5.54. The van der Waals surface area contributed by atoms with Gasteiger partial charge in [-0.2, -0.15) is 14.0 Å². The molecule has 8 heteroatoms. The van der Waals surface area contributed by atoms with Crippen molar-refractivity contribution in [3.8, 4) is 11.8 Å². The number of hydrogen-bond acceptors (Lipinski definition) is 5. The molecule has 2 rings (SSSR count). The SMILES string of the molecule is C[C@@H](OC(=O)/C=C/c1ccc(OC(F)F)cc1)C(=O)Nc1cccc(C#N)c1. The number of alkyl halides is 2. The lowest BCUT2D eigenvalue weighted by atomic mass is 10.2. The van der Waals surface area contributed by atoms with Gasteiger partial charge in [0.25, 0.3) is 5.91 Å². The summed E-state index contributed by atoms with van der Waals surface area (Å²) in [4.78, 5) is 23.9. The number of benzene rings is 2. The summed E-state index contributed by atoms with van der Waals surface area (Å²) < 4.78 is 33.4. The number of carbonyl (C=O) groups is 2. The predicted molar refractivity (Wildman–Crippen MR) is 97.4 cm³/mol. The van der Waals surface area contributed by atoms with Crippen molar-refractivity contribution in [1.29, 1.82) is 5.26 Å². The average molecular weight is 386 g/mol. The first-order valence-electron chi connectivity index (χ1n) is 8.12. The number of ether oxygens (including phenoxy) is 2. The summed E-state index contributed by atoms with van der Waals surface area (Å²) in [6.07, 6.45) is 1.46. The minimum atomic E-state index is -2.91. The second-order valence-corrected chi connectivity index (χ2v) is 5.54. The number of amides is 1. The number of halogens is 2. The highest BCUT2D eigenvalue weighted by atomic mass is 19.3. The van der Waals surface area contributed by atoms with Gasteiger partial charge >= 0.3 is 12.6 Å². The zero-order valence-electron chi connectivity index (χ0n) is 14.8. The van der Waals surface area contributed by atoms with E-state index < -0.39 is 24.6 Å². The Morgan fingerprint density at radius 1 is 1.18 bits per heavy atom. The third kappa shape index (κ3) is 6.53. The number of esters is 1. The highest BCUT2D eigenvalue weighted by Gasteiger charge is 2.16. The summed E-state index contributed by atoms with van der Waals surface area (Å²) in [5, 5.41) is 11.4. The number of anilines is 1. The molecule has 0 radical (unpaired) electrons. The lowest BCUT2D eigenvalue weighted by Gasteiger charge is -2.12. The molecule has 1 amide bonds. The molecule has 0 aromatic heterocycles. The molecule has 2 aromatic rings. The van der Waals surface area contributed by atoms with Gasteiger partial charge in [-0.05, 0) is 48.9 Å². The van der Waals surface area contributed by atoms with Crippen LogP contribution in [0.25, 0.3) is 6.08 Å². The highest BCUT2D eigenvalue weighted by Crippen LogP contribution is 2.16. The van der Waals surface area contributed by atoms with E-state index in [0.29, 0.717) is 16.8 Å². The average Bonchev–Trinajstić information content (AvgIpc) is 2.67. The van der Waals surface area contributed by atoms with Crippen molar-refractivity contribution in [2.45, 2.75) is 19.6 Å². The maximum atomic E-state index is 12.1. The lowest BCUT2D eigenvalue weighted by molar-refractivity contribution is -0.148. The molecule has 0 aliphatic heterocycles. The van der Waals surface area contributed by atoms with Gasteiger partial charge in [0.1, 0.15) is 5.75 Å². The van der Waals surface area contributed by atoms with Crippen molar-refractivity contribution >= 4 is 23.6 Å². The molecule has 144 valence electrons. The molecule has 0 aliphatic rings. The zero-order chi connectivity index (χ0) is 20.5. The van der Waals surface area contributed by atoms with Crippen molar-refractivity contribution in [3.05, 3.63) is 65.7 Å². The van der Waals surface area contributed by atoms with Crippen LogP contribution < -0.4 is 10.1 Å². The minimum Gasteiger partial charge on any atom is -0.449 e. The first-order valence-corrected chi connectivity index (χ1v) is 8.12. The molecule has 0 spiro atoms. The fourth-order valence-electron chi connectivity index (χ4n) is 2.10. The molecule has 2 aromatic carbocycles. The quantitative estimate of drug-likeness (QED) is 0.578. The Hall–Kier alpha value is -3.73. The Balaban J connectivity index is 1.88. The van der Waals surface area contributed by atoms with Crippen molar-refractivity contribution < 1.29 is 27.8 Å². The monoisotopic (exact) mass is 386 g/mol. The molecular weight excluding hydrogens is 370 g/mol. The fraction of sp³-hybridized carbons (Fsp3) is 0.150. The third-order valence-electron chi connectivity index (χ3n) is 3.44. The van der Waals surface area contributed by atoms with Gasteiger partial charge in [0.05, 0.1) is 11.6 Å². The molecule has 0 unspecified atom stereocenters. The van der Waals surface area contributed by atoms with Crippen LogP contribution in [-0.4, -0.2) is 24.6 Å². The molecule has 0 heterocycles. The highest BCUT2D eigenvalue weighted by molar-refractivity contribution is 5.96. The van der Waals surface area contributed by atoms with E-state index in [2.05, 4.69) is 10.1 Å². The van der Waals surface area contributed by atoms with Gasteiger partial charge in [0.15, 0.2) is 6.10 Å². The largest absolute Gasteiger partial charge is 0.449 e. The van der Waals surface area contributed by atoms with Gasteiger partial charge in [-0.1, -0.05) is 18.2 Å². The van der Waals surface area contributed by atoms with Gasteiger partial charge < -0.3 is 14.8 Å². The first kappa shape index (κ1) is 20.6. The van der Waals surface area contributed by atoms with Crippen LogP contribution in [0.2, 0.25) is 0 Å². The Morgan fingerprint density at radius 2 is 1.89 bits per heavy atom. The first-order chi connectivity index (χ1) is 13.4. The molecule has 0 aliphatic carbocycles.